The van der Waals surface area contributed by atoms with Gasteiger partial charge in [0, 0.05) is 118 Å². The zero-order valence-electron chi connectivity index (χ0n) is 45.5. The molecule has 2 aromatic heterocycles. The first-order valence-corrected chi connectivity index (χ1v) is 26.3. The maximum Gasteiger partial charge on any atom is 0.324 e. The van der Waals surface area contributed by atoms with Crippen molar-refractivity contribution in [1.82, 2.24) is 45.1 Å². The third kappa shape index (κ3) is 16.1. The largest absolute Gasteiger partial charge is 0.379 e. The highest BCUT2D eigenvalue weighted by Gasteiger charge is 2.45. The second kappa shape index (κ2) is 28.9. The molecule has 4 amide bonds. The summed E-state index contributed by atoms with van der Waals surface area (Å²) in [5, 5.41) is 8.72. The number of hydrogen-bond donors (Lipinski definition) is 4. The minimum absolute atomic E-state index is 0. The lowest BCUT2D eigenvalue weighted by Gasteiger charge is -2.47. The summed E-state index contributed by atoms with van der Waals surface area (Å²) in [6, 6.07) is 13.5. The van der Waals surface area contributed by atoms with Crippen LogP contribution in [0.15, 0.2) is 85.7 Å². The number of H-pyrrole nitrogens is 2. The van der Waals surface area contributed by atoms with E-state index in [0.29, 0.717) is 37.6 Å². The van der Waals surface area contributed by atoms with Crippen LogP contribution in [0, 0.1) is 11.8 Å². The molecule has 2 aromatic carbocycles. The Labute approximate surface area is 438 Å². The van der Waals surface area contributed by atoms with Crippen LogP contribution in [0.5, 0.6) is 0 Å². The number of nitrogens with zero attached hydrogens (tertiary/aromatic N) is 6. The van der Waals surface area contributed by atoms with Crippen LogP contribution in [0.1, 0.15) is 102 Å². The van der Waals surface area contributed by atoms with E-state index < -0.39 is 0 Å². The van der Waals surface area contributed by atoms with Gasteiger partial charge in [-0.2, -0.15) is 0 Å². The summed E-state index contributed by atoms with van der Waals surface area (Å²) in [4.78, 5) is 60.5. The average molecular weight is 1010 g/mol. The number of rotatable bonds is 16. The molecule has 2 fully saturated rings. The van der Waals surface area contributed by atoms with Gasteiger partial charge >= 0.3 is 6.03 Å². The summed E-state index contributed by atoms with van der Waals surface area (Å²) in [5.74, 6) is 3.03. The molecule has 0 saturated carbocycles. The Morgan fingerprint density at radius 3 is 1.73 bits per heavy atom. The predicted molar refractivity (Wildman–Crippen MR) is 304 cm³/mol. The number of aromatic nitrogens is 2. The van der Waals surface area contributed by atoms with Gasteiger partial charge in [-0.25, -0.2) is 9.79 Å². The Bertz CT molecular complexity index is 2440. The number of fused-ring (bicyclic) bond motifs is 4. The minimum Gasteiger partial charge on any atom is -0.379 e. The monoisotopic (exact) mass is 1000 g/mol. The molecule has 0 unspecified atom stereocenters. The molecule has 402 valence electrons. The number of likely N-dealkylation sites (tertiary alicyclic amines) is 2. The van der Waals surface area contributed by atoms with Crippen molar-refractivity contribution in [3.8, 4) is 0 Å². The molecule has 8 rings (SSSR count). The number of aliphatic imine (C=N–C) groups is 1. The molecule has 0 spiro atoms. The maximum absolute atomic E-state index is 13.7. The molecule has 4 N–H and O–H groups in total. The Balaban J connectivity index is 0.000000262. The van der Waals surface area contributed by atoms with Crippen molar-refractivity contribution in [2.75, 3.05) is 101 Å². The Hall–Kier alpha value is -5.34. The third-order valence-corrected chi connectivity index (χ3v) is 14.4. The summed E-state index contributed by atoms with van der Waals surface area (Å²) in [6.07, 6.45) is 13.7. The van der Waals surface area contributed by atoms with Crippen LogP contribution in [0.4, 0.5) is 4.79 Å². The number of urea groups is 1. The van der Waals surface area contributed by atoms with Crippen molar-refractivity contribution in [2.45, 2.75) is 110 Å². The smallest absolute Gasteiger partial charge is 0.324 e. The lowest BCUT2D eigenvalue weighted by Crippen LogP contribution is -2.55. The van der Waals surface area contributed by atoms with Gasteiger partial charge in [-0.1, -0.05) is 43.8 Å². The molecule has 4 aromatic rings. The van der Waals surface area contributed by atoms with E-state index in [4.69, 9.17) is 4.74 Å². The Morgan fingerprint density at radius 2 is 1.29 bits per heavy atom. The number of aromatic amines is 2. The summed E-state index contributed by atoms with van der Waals surface area (Å²) >= 11 is 0. The van der Waals surface area contributed by atoms with Gasteiger partial charge in [0.05, 0.1) is 17.4 Å². The number of methoxy groups -OCH3 is 1. The number of nitrogens with one attached hydrogen (secondary N) is 4. The molecule has 2 aliphatic heterocycles. The Kier molecular flexibility index (Phi) is 23.9. The van der Waals surface area contributed by atoms with Gasteiger partial charge in [0.1, 0.15) is 0 Å². The first-order chi connectivity index (χ1) is 34.5. The van der Waals surface area contributed by atoms with Crippen molar-refractivity contribution in [1.29, 1.82) is 0 Å². The molecular weight excluding hydrogens is 913 g/mol. The third-order valence-electron chi connectivity index (χ3n) is 14.4. The van der Waals surface area contributed by atoms with Crippen LogP contribution in [0.25, 0.3) is 21.8 Å². The fourth-order valence-corrected chi connectivity index (χ4v) is 10.9. The molecule has 6 atom stereocenters. The van der Waals surface area contributed by atoms with Gasteiger partial charge in [0.15, 0.2) is 0 Å². The summed E-state index contributed by atoms with van der Waals surface area (Å²) in [5.41, 5.74) is 7.92. The summed E-state index contributed by atoms with van der Waals surface area (Å²) in [6.45, 7) is 28.4. The summed E-state index contributed by atoms with van der Waals surface area (Å²) < 4.78 is 4.94. The van der Waals surface area contributed by atoms with Crippen LogP contribution in [0.3, 0.4) is 0 Å². The zero-order valence-corrected chi connectivity index (χ0v) is 45.5. The quantitative estimate of drug-likeness (QED) is 0.0496. The van der Waals surface area contributed by atoms with E-state index in [1.54, 1.807) is 7.11 Å². The number of hydrogen-bond acceptors (Lipinski definition) is 9. The topological polar surface area (TPSA) is 145 Å². The van der Waals surface area contributed by atoms with Crippen LogP contribution in [-0.2, 0) is 27.2 Å². The number of piperidine rings is 2. The molecule has 2 saturated heterocycles. The van der Waals surface area contributed by atoms with Gasteiger partial charge in [0.25, 0.3) is 0 Å². The van der Waals surface area contributed by atoms with Gasteiger partial charge in [-0.3, -0.25) is 24.3 Å². The molecule has 14 nitrogen and oxygen atoms in total. The van der Waals surface area contributed by atoms with E-state index in [-0.39, 0.29) is 48.6 Å². The number of amides is 4. The highest BCUT2D eigenvalue weighted by atomic mass is 16.5. The van der Waals surface area contributed by atoms with Crippen LogP contribution >= 0.6 is 0 Å². The SMILES string of the molecule is C.C=C=NCC.C=CCN1C[C@H](C(=O)N(CCCN(C)C)C(=O)NCC)C[C@@H]2c3cccc4[nH]cc(c34)C[C@H]21.C=CCN1C[C@H](C(=O)NCCCN(C)C)C[C@@H]2c3cccc4[nH]cc(c34)C[C@H]21.COC(C)(C)C. The maximum atomic E-state index is 13.7. The Morgan fingerprint density at radius 1 is 0.795 bits per heavy atom. The second-order valence-electron chi connectivity index (χ2n) is 21.2. The van der Waals surface area contributed by atoms with Gasteiger partial charge in [-0.15, -0.1) is 13.2 Å². The first-order valence-electron chi connectivity index (χ1n) is 26.3. The van der Waals surface area contributed by atoms with E-state index in [9.17, 15) is 14.4 Å². The van der Waals surface area contributed by atoms with Gasteiger partial charge in [0.2, 0.25) is 11.8 Å². The van der Waals surface area contributed by atoms with Crippen LogP contribution in [-0.4, -0.2) is 177 Å². The molecule has 14 heteroatoms. The number of carbonyl (C=O) groups excluding carboxylic acids is 3. The molecule has 0 radical (unpaired) electrons. The van der Waals surface area contributed by atoms with Gasteiger partial charge in [-0.05, 0) is 161 Å². The molecule has 73 heavy (non-hydrogen) atoms. The van der Waals surface area contributed by atoms with Crippen molar-refractivity contribution in [3.05, 3.63) is 103 Å². The van der Waals surface area contributed by atoms with E-state index in [1.807, 2.05) is 60.9 Å². The molecule has 0 bridgehead atoms. The lowest BCUT2D eigenvalue weighted by atomic mass is 9.72. The van der Waals surface area contributed by atoms with Crippen LogP contribution < -0.4 is 10.6 Å². The fraction of sp³-hybridized carbons (Fsp3) is 0.576. The van der Waals surface area contributed by atoms with Crippen LogP contribution in [0.2, 0.25) is 0 Å². The average Bonchev–Trinajstić information content (AvgIpc) is 3.98. The lowest BCUT2D eigenvalue weighted by molar-refractivity contribution is -0.135. The highest BCUT2D eigenvalue weighted by Crippen LogP contribution is 2.46. The van der Waals surface area contributed by atoms with E-state index in [1.165, 1.54) is 43.4 Å². The molecule has 2 aliphatic carbocycles. The first kappa shape index (κ1) is 60.2. The molecule has 4 heterocycles. The van der Waals surface area contributed by atoms with Crippen molar-refractivity contribution < 1.29 is 19.1 Å². The number of ether oxygens (including phenoxy) is 1. The van der Waals surface area contributed by atoms with E-state index >= 15 is 0 Å². The predicted octanol–water partition coefficient (Wildman–Crippen LogP) is 8.88. The molecule has 4 aliphatic rings. The normalized spacial score (nSPS) is 20.8. The minimum atomic E-state index is -0.280. The number of carbonyl (C=O) groups is 3. The number of benzene rings is 2. The second-order valence-corrected chi connectivity index (χ2v) is 21.2. The fourth-order valence-electron chi connectivity index (χ4n) is 10.9. The summed E-state index contributed by atoms with van der Waals surface area (Å²) in [7, 11) is 9.85. The van der Waals surface area contributed by atoms with Crippen molar-refractivity contribution in [2.24, 2.45) is 16.8 Å². The zero-order chi connectivity index (χ0) is 52.5. The van der Waals surface area contributed by atoms with Crippen molar-refractivity contribution >= 4 is 45.5 Å². The molecular formula is C59H92N10O4. The van der Waals surface area contributed by atoms with Gasteiger partial charge < -0.3 is 35.1 Å². The van der Waals surface area contributed by atoms with E-state index in [2.05, 4.69) is 134 Å². The standard InChI is InChI=1S/C26H37N5O2.C23H32N4O.C5H12O.C4H7N.CH4/c1-5-11-30-17-19(25(32)31(26(33)27-6-2)13-8-12-29(3)4)14-21-20-9-7-10-22-24(20)18(16-28-22)15-23(21)30;1-4-10-27-15-17(23(28)24-9-6-11-26(2)3)12-19-18-7-5-8-20-22(18)16(14-25-20)13-21(19)27;1-5(2,3)6-4;1-3-5-4-2;/h5,7,9-10,16,19,21,23,28H,1,6,8,11-15,17H2,2-4H3,(H,27,33);4-5,7-8,14,17,19,21,25H,1,6,9-13,15H2,2-3H3,(H,24,28);1-4H3;1,4H2,2H3;1H4/t19-,21-,23-;17-,19-,21-;;;/m11.../s1. The van der Waals surface area contributed by atoms with E-state index in [0.717, 1.165) is 89.9 Å². The highest BCUT2D eigenvalue weighted by molar-refractivity contribution is 5.96. The van der Waals surface area contributed by atoms with Crippen molar-refractivity contribution in [3.63, 3.8) is 0 Å². The number of imide groups is 1.